The predicted molar refractivity (Wildman–Crippen MR) is 151 cm³/mol. The fourth-order valence-electron chi connectivity index (χ4n) is 4.66. The quantitative estimate of drug-likeness (QED) is 0.332. The molecular formula is C27H28Cl2N4O5S. The van der Waals surface area contributed by atoms with Crippen molar-refractivity contribution in [3.63, 3.8) is 0 Å². The van der Waals surface area contributed by atoms with Gasteiger partial charge >= 0.3 is 0 Å². The molecule has 3 aromatic carbocycles. The van der Waals surface area contributed by atoms with Crippen LogP contribution in [0, 0.1) is 0 Å². The van der Waals surface area contributed by atoms with Crippen LogP contribution in [0.5, 0.6) is 0 Å². The largest absolute Gasteiger partial charge is 0.394 e. The maximum Gasteiger partial charge on any atom is 0.252 e. The van der Waals surface area contributed by atoms with Crippen LogP contribution in [-0.4, -0.2) is 68.3 Å². The molecule has 0 aliphatic carbocycles. The Balaban J connectivity index is 1.59. The fraction of sp³-hybridized carbons (Fsp3) is 0.259. The van der Waals surface area contributed by atoms with Gasteiger partial charge in [0.1, 0.15) is 6.04 Å². The van der Waals surface area contributed by atoms with Crippen LogP contribution in [0.2, 0.25) is 10.0 Å². The van der Waals surface area contributed by atoms with Crippen LogP contribution >= 0.6 is 23.2 Å². The summed E-state index contributed by atoms with van der Waals surface area (Å²) in [6.45, 7) is 0.192. The first-order valence-electron chi connectivity index (χ1n) is 12.0. The summed E-state index contributed by atoms with van der Waals surface area (Å²) in [5, 5.41) is 12.9. The monoisotopic (exact) mass is 590 g/mol. The number of anilines is 1. The van der Waals surface area contributed by atoms with Crippen molar-refractivity contribution in [2.75, 3.05) is 30.3 Å². The number of hydrogen-bond donors (Lipinski definition) is 3. The highest BCUT2D eigenvalue weighted by Gasteiger charge is 2.40. The third kappa shape index (κ3) is 6.71. The van der Waals surface area contributed by atoms with E-state index in [0.29, 0.717) is 28.8 Å². The lowest BCUT2D eigenvalue weighted by molar-refractivity contribution is -0.120. The van der Waals surface area contributed by atoms with E-state index in [1.54, 1.807) is 12.1 Å². The molecule has 0 unspecified atom stereocenters. The number of rotatable bonds is 10. The van der Waals surface area contributed by atoms with Gasteiger partial charge in [-0.2, -0.15) is 0 Å². The topological polar surface area (TPSA) is 133 Å². The van der Waals surface area contributed by atoms with Gasteiger partial charge in [-0.05, 0) is 53.6 Å². The summed E-state index contributed by atoms with van der Waals surface area (Å²) in [5.74, 6) is -1.55. The first-order valence-corrected chi connectivity index (χ1v) is 14.6. The van der Waals surface area contributed by atoms with Crippen molar-refractivity contribution >= 4 is 50.7 Å². The van der Waals surface area contributed by atoms with Gasteiger partial charge in [0, 0.05) is 28.7 Å². The van der Waals surface area contributed by atoms with E-state index in [1.807, 2.05) is 48.5 Å². The van der Waals surface area contributed by atoms with E-state index in [4.69, 9.17) is 28.9 Å². The molecule has 0 radical (unpaired) electrons. The molecule has 4 rings (SSSR count). The molecule has 1 aliphatic heterocycles. The van der Waals surface area contributed by atoms with Crippen molar-refractivity contribution in [2.45, 2.75) is 18.1 Å². The lowest BCUT2D eigenvalue weighted by Crippen LogP contribution is -2.61. The lowest BCUT2D eigenvalue weighted by Gasteiger charge is -2.48. The number of hydrogen-bond acceptors (Lipinski definition) is 6. The smallest absolute Gasteiger partial charge is 0.252 e. The van der Waals surface area contributed by atoms with E-state index < -0.39 is 40.5 Å². The second kappa shape index (κ2) is 11.9. The fourth-order valence-corrected chi connectivity index (χ4v) is 6.08. The summed E-state index contributed by atoms with van der Waals surface area (Å²) in [5.41, 5.74) is 7.62. The SMILES string of the molecule is CS(=O)(=O)N(c1cccc(C(=O)N[C@@H](CO)C(N)=O)c1)C1CN(C(c2ccc(Cl)cc2)c2ccc(Cl)cc2)C1. The number of primary amides is 1. The molecule has 206 valence electrons. The Kier molecular flexibility index (Phi) is 8.83. The Morgan fingerprint density at radius 3 is 2.03 bits per heavy atom. The van der Waals surface area contributed by atoms with E-state index in [0.717, 1.165) is 17.4 Å². The Labute approximate surface area is 237 Å². The second-order valence-electron chi connectivity index (χ2n) is 9.33. The van der Waals surface area contributed by atoms with Crippen LogP contribution in [0.4, 0.5) is 5.69 Å². The Hall–Kier alpha value is -3.15. The van der Waals surface area contributed by atoms with Gasteiger partial charge in [-0.1, -0.05) is 53.5 Å². The van der Waals surface area contributed by atoms with Crippen molar-refractivity contribution in [2.24, 2.45) is 5.73 Å². The third-order valence-corrected chi connectivity index (χ3v) is 8.24. The molecule has 9 nitrogen and oxygen atoms in total. The van der Waals surface area contributed by atoms with Gasteiger partial charge < -0.3 is 16.2 Å². The number of nitrogens with two attached hydrogens (primary N) is 1. The number of halogens is 2. The number of amides is 2. The van der Waals surface area contributed by atoms with E-state index in [1.165, 1.54) is 16.4 Å². The van der Waals surface area contributed by atoms with Crippen molar-refractivity contribution < 1.29 is 23.1 Å². The van der Waals surface area contributed by atoms with Crippen LogP contribution in [0.1, 0.15) is 27.5 Å². The highest BCUT2D eigenvalue weighted by molar-refractivity contribution is 7.92. The summed E-state index contributed by atoms with van der Waals surface area (Å²) in [4.78, 5) is 26.2. The summed E-state index contributed by atoms with van der Waals surface area (Å²) in [6.07, 6.45) is 1.12. The number of sulfonamides is 1. The molecule has 0 spiro atoms. The zero-order valence-corrected chi connectivity index (χ0v) is 23.3. The minimum absolute atomic E-state index is 0.122. The predicted octanol–water partition coefficient (Wildman–Crippen LogP) is 2.81. The molecule has 1 fully saturated rings. The Bertz CT molecular complexity index is 1400. The molecule has 0 aromatic heterocycles. The molecule has 1 heterocycles. The minimum atomic E-state index is -3.73. The molecule has 39 heavy (non-hydrogen) atoms. The minimum Gasteiger partial charge on any atom is -0.394 e. The van der Waals surface area contributed by atoms with Crippen LogP contribution in [0.25, 0.3) is 0 Å². The Morgan fingerprint density at radius 1 is 1.03 bits per heavy atom. The lowest BCUT2D eigenvalue weighted by atomic mass is 9.93. The average Bonchev–Trinajstić information content (AvgIpc) is 2.86. The molecule has 0 bridgehead atoms. The van der Waals surface area contributed by atoms with E-state index >= 15 is 0 Å². The van der Waals surface area contributed by atoms with Gasteiger partial charge in [0.25, 0.3) is 5.91 Å². The molecule has 1 saturated heterocycles. The number of carbonyl (C=O) groups excluding carboxylic acids is 2. The number of aliphatic hydroxyl groups excluding tert-OH is 1. The number of aliphatic hydroxyl groups is 1. The standard InChI is InChI=1S/C27H28Cl2N4O5S/c1-39(37,38)33(22-4-2-3-19(13-22)27(36)31-24(16-34)26(30)35)23-14-32(15-23)25(17-5-9-20(28)10-6-17)18-7-11-21(29)12-8-18/h2-13,23-25,34H,14-16H2,1H3,(H2,30,35)(H,31,36)/t24-/m0/s1. The highest BCUT2D eigenvalue weighted by Crippen LogP contribution is 2.36. The van der Waals surface area contributed by atoms with Gasteiger partial charge in [-0.25, -0.2) is 8.42 Å². The summed E-state index contributed by atoms with van der Waals surface area (Å²) < 4.78 is 27.2. The molecule has 4 N–H and O–H groups in total. The molecule has 0 saturated carbocycles. The third-order valence-electron chi connectivity index (χ3n) is 6.51. The number of carbonyl (C=O) groups is 2. The van der Waals surface area contributed by atoms with Crippen LogP contribution in [-0.2, 0) is 14.8 Å². The zero-order valence-electron chi connectivity index (χ0n) is 21.0. The van der Waals surface area contributed by atoms with Gasteiger partial charge in [0.2, 0.25) is 15.9 Å². The van der Waals surface area contributed by atoms with Gasteiger partial charge in [-0.3, -0.25) is 18.8 Å². The van der Waals surface area contributed by atoms with Crippen LogP contribution in [0.3, 0.4) is 0 Å². The van der Waals surface area contributed by atoms with Crippen LogP contribution in [0.15, 0.2) is 72.8 Å². The maximum absolute atomic E-state index is 12.9. The van der Waals surface area contributed by atoms with Crippen molar-refractivity contribution in [1.82, 2.24) is 10.2 Å². The summed E-state index contributed by atoms with van der Waals surface area (Å²) >= 11 is 12.2. The van der Waals surface area contributed by atoms with Crippen molar-refractivity contribution in [1.29, 1.82) is 0 Å². The van der Waals surface area contributed by atoms with E-state index in [-0.39, 0.29) is 11.6 Å². The number of nitrogens with one attached hydrogen (secondary N) is 1. The molecule has 1 atom stereocenters. The summed E-state index contributed by atoms with van der Waals surface area (Å²) in [6, 6.07) is 19.3. The normalized spacial score (nSPS) is 15.0. The maximum atomic E-state index is 12.9. The molecule has 1 aliphatic rings. The van der Waals surface area contributed by atoms with Crippen molar-refractivity contribution in [3.05, 3.63) is 99.5 Å². The second-order valence-corrected chi connectivity index (χ2v) is 12.1. The van der Waals surface area contributed by atoms with Gasteiger partial charge in [0.05, 0.1) is 30.6 Å². The number of likely N-dealkylation sites (tertiary alicyclic amines) is 1. The molecule has 12 heteroatoms. The van der Waals surface area contributed by atoms with E-state index in [2.05, 4.69) is 10.2 Å². The number of nitrogens with zero attached hydrogens (tertiary/aromatic N) is 2. The zero-order chi connectivity index (χ0) is 28.3. The first-order chi connectivity index (χ1) is 18.5. The van der Waals surface area contributed by atoms with Crippen LogP contribution < -0.4 is 15.4 Å². The highest BCUT2D eigenvalue weighted by atomic mass is 35.5. The molecular weight excluding hydrogens is 563 g/mol. The van der Waals surface area contributed by atoms with E-state index in [9.17, 15) is 23.1 Å². The Morgan fingerprint density at radius 2 is 1.56 bits per heavy atom. The van der Waals surface area contributed by atoms with Gasteiger partial charge in [0.15, 0.2) is 0 Å². The molecule has 3 aromatic rings. The average molecular weight is 592 g/mol. The van der Waals surface area contributed by atoms with Crippen molar-refractivity contribution in [3.8, 4) is 0 Å². The number of benzene rings is 3. The molecule has 2 amide bonds. The first kappa shape index (κ1) is 28.8. The van der Waals surface area contributed by atoms with Gasteiger partial charge in [-0.15, -0.1) is 0 Å². The summed E-state index contributed by atoms with van der Waals surface area (Å²) in [7, 11) is -3.73.